The lowest BCUT2D eigenvalue weighted by Crippen LogP contribution is -2.40. The van der Waals surface area contributed by atoms with Crippen molar-refractivity contribution in [1.29, 1.82) is 0 Å². The van der Waals surface area contributed by atoms with Crippen LogP contribution in [0.1, 0.15) is 35.6 Å². The number of hydrogen-bond acceptors (Lipinski definition) is 5. The molecule has 1 aliphatic carbocycles. The Morgan fingerprint density at radius 2 is 2.00 bits per heavy atom. The van der Waals surface area contributed by atoms with E-state index in [1.807, 2.05) is 0 Å². The van der Waals surface area contributed by atoms with Crippen LogP contribution in [-0.2, 0) is 22.6 Å². The van der Waals surface area contributed by atoms with Crippen LogP contribution in [0.5, 0.6) is 0 Å². The van der Waals surface area contributed by atoms with Gasteiger partial charge in [-0.05, 0) is 36.1 Å². The molecule has 0 bridgehead atoms. The summed E-state index contributed by atoms with van der Waals surface area (Å²) >= 11 is 0. The molecular weight excluding hydrogens is 368 g/mol. The lowest BCUT2D eigenvalue weighted by Gasteiger charge is -2.24. The summed E-state index contributed by atoms with van der Waals surface area (Å²) in [5.41, 5.74) is 8.15. The highest BCUT2D eigenvalue weighted by molar-refractivity contribution is 5.95. The number of rotatable bonds is 3. The number of carbonyl (C=O) groups excluding carboxylic acids is 2. The molecule has 146 valence electrons. The van der Waals surface area contributed by atoms with Gasteiger partial charge in [0, 0.05) is 30.8 Å². The number of carbonyl (C=O) groups is 2. The van der Waals surface area contributed by atoms with Gasteiger partial charge in [-0.3, -0.25) is 14.6 Å². The van der Waals surface area contributed by atoms with Crippen molar-refractivity contribution in [1.82, 2.24) is 14.9 Å². The third-order valence-electron chi connectivity index (χ3n) is 5.29. The molecule has 9 heteroatoms. The van der Waals surface area contributed by atoms with E-state index in [9.17, 15) is 18.4 Å². The SMILES string of the molecule is NC(CC(=O)N1CC(=O)Nc2nccnc2C1)C1CCc2cc(F)c(F)cc21. The van der Waals surface area contributed by atoms with E-state index in [0.717, 1.165) is 5.56 Å². The topological polar surface area (TPSA) is 101 Å². The zero-order valence-electron chi connectivity index (χ0n) is 15.0. The normalized spacial score (nSPS) is 19.5. The fourth-order valence-corrected chi connectivity index (χ4v) is 3.89. The Labute approximate surface area is 160 Å². The molecule has 3 N–H and O–H groups in total. The van der Waals surface area contributed by atoms with Crippen molar-refractivity contribution in [3.63, 3.8) is 0 Å². The average molecular weight is 387 g/mol. The van der Waals surface area contributed by atoms with Gasteiger partial charge in [-0.2, -0.15) is 0 Å². The zero-order valence-corrected chi connectivity index (χ0v) is 15.0. The van der Waals surface area contributed by atoms with Crippen LogP contribution in [0, 0.1) is 11.6 Å². The number of nitrogens with zero attached hydrogens (tertiary/aromatic N) is 3. The molecule has 4 rings (SSSR count). The van der Waals surface area contributed by atoms with Crippen molar-refractivity contribution in [2.45, 2.75) is 37.8 Å². The van der Waals surface area contributed by atoms with E-state index < -0.39 is 17.7 Å². The van der Waals surface area contributed by atoms with E-state index in [-0.39, 0.29) is 37.2 Å². The first-order valence-corrected chi connectivity index (χ1v) is 9.03. The second-order valence-corrected chi connectivity index (χ2v) is 7.13. The Kier molecular flexibility index (Phi) is 4.76. The van der Waals surface area contributed by atoms with Crippen LogP contribution in [-0.4, -0.2) is 39.3 Å². The predicted octanol–water partition coefficient (Wildman–Crippen LogP) is 1.48. The molecule has 0 spiro atoms. The Bertz CT molecular complexity index is 952. The molecule has 1 aromatic heterocycles. The molecule has 0 radical (unpaired) electrons. The van der Waals surface area contributed by atoms with Crippen molar-refractivity contribution in [3.8, 4) is 0 Å². The van der Waals surface area contributed by atoms with Crippen LogP contribution in [0.15, 0.2) is 24.5 Å². The van der Waals surface area contributed by atoms with Crippen molar-refractivity contribution in [3.05, 3.63) is 53.0 Å². The van der Waals surface area contributed by atoms with Crippen molar-refractivity contribution in [2.75, 3.05) is 11.9 Å². The summed E-state index contributed by atoms with van der Waals surface area (Å²) in [5, 5.41) is 2.63. The van der Waals surface area contributed by atoms with Gasteiger partial charge >= 0.3 is 0 Å². The highest BCUT2D eigenvalue weighted by Gasteiger charge is 2.32. The van der Waals surface area contributed by atoms with Gasteiger partial charge < -0.3 is 16.0 Å². The van der Waals surface area contributed by atoms with E-state index in [4.69, 9.17) is 5.73 Å². The summed E-state index contributed by atoms with van der Waals surface area (Å²) in [5.74, 6) is -2.33. The summed E-state index contributed by atoms with van der Waals surface area (Å²) in [6.07, 6.45) is 4.17. The standard InChI is InChI=1S/C19H19F2N5O2/c20-13-5-10-1-2-11(12(10)6-14(13)21)15(22)7-18(28)26-8-16-19(24-4-3-23-16)25-17(27)9-26/h3-6,11,15H,1-2,7-9,22H2,(H,24,25,27). The second-order valence-electron chi connectivity index (χ2n) is 7.13. The van der Waals surface area contributed by atoms with E-state index in [1.165, 1.54) is 29.4 Å². The number of halogens is 2. The molecule has 2 aromatic rings. The number of aromatic nitrogens is 2. The Hall–Kier alpha value is -2.94. The molecule has 0 fully saturated rings. The van der Waals surface area contributed by atoms with E-state index in [1.54, 1.807) is 0 Å². The quantitative estimate of drug-likeness (QED) is 0.831. The number of aryl methyl sites for hydroxylation is 1. The largest absolute Gasteiger partial charge is 0.327 e. The predicted molar refractivity (Wildman–Crippen MR) is 96.1 cm³/mol. The average Bonchev–Trinajstić information content (AvgIpc) is 2.96. The fourth-order valence-electron chi connectivity index (χ4n) is 3.89. The van der Waals surface area contributed by atoms with Crippen molar-refractivity contribution in [2.24, 2.45) is 5.73 Å². The lowest BCUT2D eigenvalue weighted by molar-refractivity contribution is -0.135. The number of anilines is 1. The summed E-state index contributed by atoms with van der Waals surface area (Å²) in [6, 6.07) is 1.82. The molecule has 2 atom stereocenters. The molecular formula is C19H19F2N5O2. The van der Waals surface area contributed by atoms with Crippen molar-refractivity contribution < 1.29 is 18.4 Å². The van der Waals surface area contributed by atoms with E-state index in [2.05, 4.69) is 15.3 Å². The first-order valence-electron chi connectivity index (χ1n) is 9.03. The monoisotopic (exact) mass is 387 g/mol. The number of nitrogens with two attached hydrogens (primary N) is 1. The number of hydrogen-bond donors (Lipinski definition) is 2. The van der Waals surface area contributed by atoms with Gasteiger partial charge in [-0.25, -0.2) is 13.8 Å². The van der Waals surface area contributed by atoms with E-state index in [0.29, 0.717) is 29.9 Å². The number of amides is 2. The maximum Gasteiger partial charge on any atom is 0.245 e. The van der Waals surface area contributed by atoms with Crippen LogP contribution in [0.3, 0.4) is 0 Å². The third-order valence-corrected chi connectivity index (χ3v) is 5.29. The van der Waals surface area contributed by atoms with Crippen LogP contribution in [0.4, 0.5) is 14.6 Å². The molecule has 0 saturated carbocycles. The second kappa shape index (κ2) is 7.23. The van der Waals surface area contributed by atoms with Gasteiger partial charge in [0.25, 0.3) is 0 Å². The molecule has 1 aromatic carbocycles. The molecule has 1 aliphatic heterocycles. The highest BCUT2D eigenvalue weighted by Crippen LogP contribution is 2.37. The zero-order chi connectivity index (χ0) is 19.8. The van der Waals surface area contributed by atoms with Gasteiger partial charge in [0.1, 0.15) is 12.2 Å². The van der Waals surface area contributed by atoms with Crippen LogP contribution >= 0.6 is 0 Å². The van der Waals surface area contributed by atoms with Crippen molar-refractivity contribution >= 4 is 17.6 Å². The minimum atomic E-state index is -0.913. The molecule has 28 heavy (non-hydrogen) atoms. The number of fused-ring (bicyclic) bond motifs is 2. The summed E-state index contributed by atoms with van der Waals surface area (Å²) < 4.78 is 27.1. The minimum absolute atomic E-state index is 0.00796. The van der Waals surface area contributed by atoms with Gasteiger partial charge in [0.2, 0.25) is 11.8 Å². The van der Waals surface area contributed by atoms with Crippen LogP contribution in [0.2, 0.25) is 0 Å². The molecule has 2 aliphatic rings. The molecule has 0 saturated heterocycles. The van der Waals surface area contributed by atoms with Crippen LogP contribution < -0.4 is 11.1 Å². The smallest absolute Gasteiger partial charge is 0.245 e. The first kappa shape index (κ1) is 18.4. The van der Waals surface area contributed by atoms with E-state index >= 15 is 0 Å². The number of benzene rings is 1. The summed E-state index contributed by atoms with van der Waals surface area (Å²) in [4.78, 5) is 34.5. The minimum Gasteiger partial charge on any atom is -0.327 e. The Morgan fingerprint density at radius 1 is 1.25 bits per heavy atom. The summed E-state index contributed by atoms with van der Waals surface area (Å²) in [6.45, 7) is 0.0270. The maximum absolute atomic E-state index is 13.6. The van der Waals surface area contributed by atoms with Crippen LogP contribution in [0.25, 0.3) is 0 Å². The lowest BCUT2D eigenvalue weighted by atomic mass is 9.91. The maximum atomic E-state index is 13.6. The summed E-state index contributed by atoms with van der Waals surface area (Å²) in [7, 11) is 0. The van der Waals surface area contributed by atoms with Gasteiger partial charge in [-0.15, -0.1) is 0 Å². The van der Waals surface area contributed by atoms with Gasteiger partial charge in [-0.1, -0.05) is 0 Å². The molecule has 2 amide bonds. The first-order chi connectivity index (χ1) is 13.4. The molecule has 2 heterocycles. The van der Waals surface area contributed by atoms with Gasteiger partial charge in [0.05, 0.1) is 6.54 Å². The number of nitrogens with one attached hydrogen (secondary N) is 1. The molecule has 2 unspecified atom stereocenters. The third kappa shape index (κ3) is 3.45. The highest BCUT2D eigenvalue weighted by atomic mass is 19.2. The molecule has 7 nitrogen and oxygen atoms in total. The van der Waals surface area contributed by atoms with Gasteiger partial charge in [0.15, 0.2) is 17.5 Å². The Morgan fingerprint density at radius 3 is 2.82 bits per heavy atom. The Balaban J connectivity index is 1.49. The fraction of sp³-hybridized carbons (Fsp3) is 0.368.